The van der Waals surface area contributed by atoms with E-state index in [9.17, 15) is 0 Å². The molecular weight excluding hydrogens is 248 g/mol. The van der Waals surface area contributed by atoms with Crippen molar-refractivity contribution in [2.75, 3.05) is 24.3 Å². The summed E-state index contributed by atoms with van der Waals surface area (Å²) in [6, 6.07) is 6.87. The van der Waals surface area contributed by atoms with E-state index in [1.165, 1.54) is 22.5 Å². The molecular formula is C16H24N4. The average Bonchev–Trinajstić information content (AvgIpc) is 2.86. The second-order valence-electron chi connectivity index (χ2n) is 5.67. The maximum Gasteiger partial charge on any atom is 0.0539 e. The predicted molar refractivity (Wildman–Crippen MR) is 85.4 cm³/mol. The summed E-state index contributed by atoms with van der Waals surface area (Å²) in [6.07, 6.45) is 4.03. The van der Waals surface area contributed by atoms with Crippen LogP contribution in [0.2, 0.25) is 0 Å². The van der Waals surface area contributed by atoms with E-state index in [0.29, 0.717) is 6.04 Å². The van der Waals surface area contributed by atoms with Crippen molar-refractivity contribution in [2.24, 2.45) is 0 Å². The fourth-order valence-electron chi connectivity index (χ4n) is 2.07. The first-order valence-corrected chi connectivity index (χ1v) is 7.02. The van der Waals surface area contributed by atoms with Gasteiger partial charge in [-0.1, -0.05) is 0 Å². The van der Waals surface area contributed by atoms with Crippen molar-refractivity contribution in [1.82, 2.24) is 9.78 Å². The Hall–Kier alpha value is -1.97. The average molecular weight is 272 g/mol. The summed E-state index contributed by atoms with van der Waals surface area (Å²) >= 11 is 0. The number of benzene rings is 1. The molecule has 4 heteroatoms. The molecule has 0 aliphatic heterocycles. The molecule has 2 aromatic rings. The lowest BCUT2D eigenvalue weighted by atomic mass is 10.1. The molecule has 108 valence electrons. The number of anilines is 2. The summed E-state index contributed by atoms with van der Waals surface area (Å²) in [6.45, 7) is 7.20. The van der Waals surface area contributed by atoms with Gasteiger partial charge in [-0.05, 0) is 44.5 Å². The van der Waals surface area contributed by atoms with E-state index in [2.05, 4.69) is 74.6 Å². The van der Waals surface area contributed by atoms with Crippen LogP contribution < -0.4 is 10.2 Å². The highest BCUT2D eigenvalue weighted by Gasteiger charge is 2.04. The zero-order valence-corrected chi connectivity index (χ0v) is 13.0. The standard InChI is InChI=1S/C16H24N4/c1-12(2)20-11-14(10-18-20)9-17-16-7-6-15(19(4)5)8-13(16)3/h6-8,10-12,17H,9H2,1-5H3. The minimum absolute atomic E-state index is 0.407. The molecule has 0 fully saturated rings. The molecule has 1 N–H and O–H groups in total. The van der Waals surface area contributed by atoms with E-state index < -0.39 is 0 Å². The molecule has 0 aliphatic rings. The second kappa shape index (κ2) is 5.99. The van der Waals surface area contributed by atoms with Gasteiger partial charge in [0.2, 0.25) is 0 Å². The largest absolute Gasteiger partial charge is 0.381 e. The molecule has 1 aromatic heterocycles. The molecule has 0 amide bonds. The first-order valence-electron chi connectivity index (χ1n) is 7.02. The zero-order valence-electron chi connectivity index (χ0n) is 13.0. The smallest absolute Gasteiger partial charge is 0.0539 e. The topological polar surface area (TPSA) is 33.1 Å². The first kappa shape index (κ1) is 14.4. The quantitative estimate of drug-likeness (QED) is 0.905. The fourth-order valence-corrected chi connectivity index (χ4v) is 2.07. The highest BCUT2D eigenvalue weighted by atomic mass is 15.3. The number of aromatic nitrogens is 2. The summed E-state index contributed by atoms with van der Waals surface area (Å²) in [5.74, 6) is 0. The van der Waals surface area contributed by atoms with Crippen LogP contribution in [0.4, 0.5) is 11.4 Å². The Kier molecular flexibility index (Phi) is 4.32. The van der Waals surface area contributed by atoms with Crippen LogP contribution in [0.15, 0.2) is 30.6 Å². The van der Waals surface area contributed by atoms with Gasteiger partial charge in [0.05, 0.1) is 6.20 Å². The number of hydrogen-bond acceptors (Lipinski definition) is 3. The molecule has 4 nitrogen and oxygen atoms in total. The van der Waals surface area contributed by atoms with Crippen LogP contribution in [0.1, 0.15) is 31.0 Å². The van der Waals surface area contributed by atoms with Crippen molar-refractivity contribution >= 4 is 11.4 Å². The Bertz CT molecular complexity index is 570. The second-order valence-corrected chi connectivity index (χ2v) is 5.67. The number of aryl methyl sites for hydroxylation is 1. The van der Waals surface area contributed by atoms with Crippen molar-refractivity contribution < 1.29 is 0 Å². The van der Waals surface area contributed by atoms with Crippen LogP contribution >= 0.6 is 0 Å². The van der Waals surface area contributed by atoms with E-state index in [-0.39, 0.29) is 0 Å². The third kappa shape index (κ3) is 3.32. The summed E-state index contributed by atoms with van der Waals surface area (Å²) < 4.78 is 1.99. The third-order valence-electron chi connectivity index (χ3n) is 3.39. The molecule has 1 aromatic carbocycles. The van der Waals surface area contributed by atoms with Gasteiger partial charge in [-0.2, -0.15) is 5.10 Å². The molecule has 0 atom stereocenters. The van der Waals surface area contributed by atoms with Gasteiger partial charge in [0.25, 0.3) is 0 Å². The van der Waals surface area contributed by atoms with Gasteiger partial charge in [-0.15, -0.1) is 0 Å². The Morgan fingerprint density at radius 2 is 2.05 bits per heavy atom. The van der Waals surface area contributed by atoms with Crippen molar-refractivity contribution in [1.29, 1.82) is 0 Å². The predicted octanol–water partition coefficient (Wildman–Crippen LogP) is 3.45. The van der Waals surface area contributed by atoms with Gasteiger partial charge < -0.3 is 10.2 Å². The van der Waals surface area contributed by atoms with Gasteiger partial charge in [-0.25, -0.2) is 0 Å². The summed E-state index contributed by atoms with van der Waals surface area (Å²) in [5.41, 5.74) is 4.86. The Labute approximate surface area is 121 Å². The van der Waals surface area contributed by atoms with Crippen LogP contribution in [0.3, 0.4) is 0 Å². The Morgan fingerprint density at radius 1 is 1.30 bits per heavy atom. The maximum absolute atomic E-state index is 4.36. The zero-order chi connectivity index (χ0) is 14.7. The first-order chi connectivity index (χ1) is 9.47. The van der Waals surface area contributed by atoms with Crippen molar-refractivity contribution in [2.45, 2.75) is 33.4 Å². The summed E-state index contributed by atoms with van der Waals surface area (Å²) in [7, 11) is 4.12. The molecule has 2 rings (SSSR count). The molecule has 0 saturated carbocycles. The van der Waals surface area contributed by atoms with Gasteiger partial charge in [0.1, 0.15) is 0 Å². The third-order valence-corrected chi connectivity index (χ3v) is 3.39. The number of nitrogens with one attached hydrogen (secondary N) is 1. The molecule has 0 unspecified atom stereocenters. The summed E-state index contributed by atoms with van der Waals surface area (Å²) in [5, 5.41) is 7.83. The Balaban J connectivity index is 2.03. The molecule has 0 spiro atoms. The number of nitrogens with zero attached hydrogens (tertiary/aromatic N) is 3. The molecule has 20 heavy (non-hydrogen) atoms. The fraction of sp³-hybridized carbons (Fsp3) is 0.438. The Morgan fingerprint density at radius 3 is 2.60 bits per heavy atom. The molecule has 0 bridgehead atoms. The molecule has 0 aliphatic carbocycles. The van der Waals surface area contributed by atoms with Gasteiger partial charge >= 0.3 is 0 Å². The van der Waals surface area contributed by atoms with E-state index in [1.807, 2.05) is 10.9 Å². The van der Waals surface area contributed by atoms with Crippen LogP contribution in [-0.4, -0.2) is 23.9 Å². The van der Waals surface area contributed by atoms with Crippen LogP contribution in [-0.2, 0) is 6.54 Å². The van der Waals surface area contributed by atoms with Crippen LogP contribution in [0, 0.1) is 6.92 Å². The van der Waals surface area contributed by atoms with Crippen molar-refractivity contribution in [3.63, 3.8) is 0 Å². The minimum Gasteiger partial charge on any atom is -0.381 e. The molecule has 1 heterocycles. The lowest BCUT2D eigenvalue weighted by Crippen LogP contribution is -2.09. The van der Waals surface area contributed by atoms with Gasteiger partial charge in [0, 0.05) is 49.8 Å². The molecule has 0 radical (unpaired) electrons. The lowest BCUT2D eigenvalue weighted by molar-refractivity contribution is 0.532. The SMILES string of the molecule is Cc1cc(N(C)C)ccc1NCc1cnn(C(C)C)c1. The van der Waals surface area contributed by atoms with Crippen LogP contribution in [0.5, 0.6) is 0 Å². The van der Waals surface area contributed by atoms with Crippen molar-refractivity contribution in [3.8, 4) is 0 Å². The number of rotatable bonds is 5. The van der Waals surface area contributed by atoms with Crippen LogP contribution in [0.25, 0.3) is 0 Å². The highest BCUT2D eigenvalue weighted by Crippen LogP contribution is 2.21. The maximum atomic E-state index is 4.36. The molecule has 0 saturated heterocycles. The van der Waals surface area contributed by atoms with Crippen molar-refractivity contribution in [3.05, 3.63) is 41.7 Å². The lowest BCUT2D eigenvalue weighted by Gasteiger charge is -2.15. The van der Waals surface area contributed by atoms with Gasteiger partial charge in [-0.3, -0.25) is 4.68 Å². The highest BCUT2D eigenvalue weighted by molar-refractivity contribution is 5.59. The van der Waals surface area contributed by atoms with E-state index >= 15 is 0 Å². The van der Waals surface area contributed by atoms with E-state index in [0.717, 1.165) is 6.54 Å². The summed E-state index contributed by atoms with van der Waals surface area (Å²) in [4.78, 5) is 2.11. The van der Waals surface area contributed by atoms with E-state index in [4.69, 9.17) is 0 Å². The van der Waals surface area contributed by atoms with E-state index in [1.54, 1.807) is 0 Å². The van der Waals surface area contributed by atoms with Gasteiger partial charge in [0.15, 0.2) is 0 Å². The minimum atomic E-state index is 0.407. The normalized spacial score (nSPS) is 10.9. The monoisotopic (exact) mass is 272 g/mol. The number of hydrogen-bond donors (Lipinski definition) is 1.